The summed E-state index contributed by atoms with van der Waals surface area (Å²) in [5.41, 5.74) is 0. The third-order valence-corrected chi connectivity index (χ3v) is 4.44. The molecule has 22 heavy (non-hydrogen) atoms. The maximum Gasteiger partial charge on any atom is 0.234 e. The first-order chi connectivity index (χ1) is 10.7. The molecule has 2 aromatic heterocycles. The lowest BCUT2D eigenvalue weighted by atomic mass is 10.1. The molecule has 1 aliphatic heterocycles. The first-order valence-electron chi connectivity index (χ1n) is 7.30. The van der Waals surface area contributed by atoms with E-state index in [1.54, 1.807) is 0 Å². The van der Waals surface area contributed by atoms with E-state index in [-0.39, 0.29) is 6.10 Å². The van der Waals surface area contributed by atoms with Crippen molar-refractivity contribution in [3.8, 4) is 11.5 Å². The van der Waals surface area contributed by atoms with Crippen LogP contribution in [0.15, 0.2) is 24.3 Å². The molecule has 1 atom stereocenters. The normalized spacial score (nSPS) is 17.3. The predicted octanol–water partition coefficient (Wildman–Crippen LogP) is 2.90. The van der Waals surface area contributed by atoms with Crippen molar-refractivity contribution in [2.45, 2.75) is 26.4 Å². The van der Waals surface area contributed by atoms with Gasteiger partial charge in [0.15, 0.2) is 28.4 Å². The third-order valence-electron chi connectivity index (χ3n) is 3.45. The Hall–Kier alpha value is -2.15. The lowest BCUT2D eigenvalue weighted by Crippen LogP contribution is -2.21. The minimum absolute atomic E-state index is 0.200. The largest absolute Gasteiger partial charge is 0.485 e. The van der Waals surface area contributed by atoms with Gasteiger partial charge in [-0.2, -0.15) is 9.61 Å². The summed E-state index contributed by atoms with van der Waals surface area (Å²) in [6.07, 6.45) is 0.656. The van der Waals surface area contributed by atoms with Crippen LogP contribution in [-0.4, -0.2) is 26.4 Å². The monoisotopic (exact) mass is 316 g/mol. The number of hydrogen-bond donors (Lipinski definition) is 0. The molecule has 0 bridgehead atoms. The van der Waals surface area contributed by atoms with Crippen LogP contribution in [0.1, 0.15) is 30.8 Å². The maximum atomic E-state index is 6.00. The fourth-order valence-electron chi connectivity index (χ4n) is 2.44. The number of rotatable bonds is 3. The number of hydrogen-bond acceptors (Lipinski definition) is 6. The van der Waals surface area contributed by atoms with Gasteiger partial charge >= 0.3 is 0 Å². The molecule has 0 saturated carbocycles. The van der Waals surface area contributed by atoms with Crippen molar-refractivity contribution in [1.29, 1.82) is 0 Å². The predicted molar refractivity (Wildman–Crippen MR) is 82.5 cm³/mol. The van der Waals surface area contributed by atoms with Gasteiger partial charge in [0.1, 0.15) is 6.61 Å². The molecule has 1 aromatic carbocycles. The summed E-state index contributed by atoms with van der Waals surface area (Å²) in [5.74, 6) is 2.94. The van der Waals surface area contributed by atoms with Gasteiger partial charge in [-0.15, -0.1) is 10.2 Å². The summed E-state index contributed by atoms with van der Waals surface area (Å²) in [6.45, 7) is 4.77. The number of fused-ring (bicyclic) bond motifs is 2. The molecule has 0 N–H and O–H groups in total. The van der Waals surface area contributed by atoms with Gasteiger partial charge in [0.2, 0.25) is 4.96 Å². The van der Waals surface area contributed by atoms with Gasteiger partial charge in [-0.3, -0.25) is 0 Å². The quantitative estimate of drug-likeness (QED) is 0.743. The van der Waals surface area contributed by atoms with Gasteiger partial charge in [-0.05, 0) is 18.1 Å². The molecule has 3 heterocycles. The number of nitrogens with zero attached hydrogens (tertiary/aromatic N) is 4. The Balaban J connectivity index is 1.63. The zero-order valence-electron chi connectivity index (χ0n) is 12.4. The Morgan fingerprint density at radius 1 is 1.27 bits per heavy atom. The summed E-state index contributed by atoms with van der Waals surface area (Å²) in [4.78, 5) is 0.799. The molecular formula is C15H16N4O2S. The molecule has 0 amide bonds. The van der Waals surface area contributed by atoms with E-state index in [0.29, 0.717) is 12.5 Å². The second-order valence-electron chi connectivity index (χ2n) is 5.71. The molecule has 114 valence electrons. The molecule has 0 aliphatic carbocycles. The molecule has 0 fully saturated rings. The van der Waals surface area contributed by atoms with Crippen LogP contribution in [0.2, 0.25) is 0 Å². The summed E-state index contributed by atoms with van der Waals surface area (Å²) < 4.78 is 13.6. The molecular weight excluding hydrogens is 300 g/mol. The van der Waals surface area contributed by atoms with E-state index < -0.39 is 0 Å². The van der Waals surface area contributed by atoms with E-state index in [4.69, 9.17) is 9.47 Å². The van der Waals surface area contributed by atoms with Gasteiger partial charge in [0.05, 0.1) is 0 Å². The van der Waals surface area contributed by atoms with Crippen LogP contribution in [0.3, 0.4) is 0 Å². The van der Waals surface area contributed by atoms with Crippen molar-refractivity contribution in [2.24, 2.45) is 5.92 Å². The van der Waals surface area contributed by atoms with E-state index in [2.05, 4.69) is 29.1 Å². The minimum Gasteiger partial charge on any atom is -0.485 e. The standard InChI is InChI=1S/C15H16N4O2S/c1-9(2)7-13-16-17-15-19(13)18-14(22-15)12-8-20-10-5-3-4-6-11(10)21-12/h3-6,9,12H,7-8H2,1-2H3/t12-/m1/s1. The number of ether oxygens (including phenoxy) is 2. The molecule has 6 nitrogen and oxygen atoms in total. The van der Waals surface area contributed by atoms with Crippen molar-refractivity contribution < 1.29 is 9.47 Å². The van der Waals surface area contributed by atoms with Gasteiger partial charge in [0, 0.05) is 6.42 Å². The highest BCUT2D eigenvalue weighted by Crippen LogP contribution is 2.36. The van der Waals surface area contributed by atoms with E-state index in [1.807, 2.05) is 28.8 Å². The van der Waals surface area contributed by atoms with Gasteiger partial charge in [-0.1, -0.05) is 37.3 Å². The van der Waals surface area contributed by atoms with E-state index >= 15 is 0 Å². The fourth-order valence-corrected chi connectivity index (χ4v) is 3.31. The zero-order valence-corrected chi connectivity index (χ0v) is 13.2. The molecule has 0 unspecified atom stereocenters. The van der Waals surface area contributed by atoms with Crippen LogP contribution >= 0.6 is 11.3 Å². The first kappa shape index (κ1) is 13.5. The Morgan fingerprint density at radius 2 is 2.09 bits per heavy atom. The molecule has 4 rings (SSSR count). The summed E-state index contributed by atoms with van der Waals surface area (Å²) in [6, 6.07) is 7.69. The van der Waals surface area contributed by atoms with Crippen LogP contribution in [0.5, 0.6) is 11.5 Å². The lowest BCUT2D eigenvalue weighted by molar-refractivity contribution is 0.0904. The highest BCUT2D eigenvalue weighted by Gasteiger charge is 2.26. The van der Waals surface area contributed by atoms with E-state index in [1.165, 1.54) is 11.3 Å². The van der Waals surface area contributed by atoms with Gasteiger partial charge < -0.3 is 9.47 Å². The number of benzene rings is 1. The molecule has 0 saturated heterocycles. The van der Waals surface area contributed by atoms with Crippen molar-refractivity contribution in [3.05, 3.63) is 35.1 Å². The highest BCUT2D eigenvalue weighted by atomic mass is 32.1. The van der Waals surface area contributed by atoms with Gasteiger partial charge in [-0.25, -0.2) is 0 Å². The van der Waals surface area contributed by atoms with E-state index in [9.17, 15) is 0 Å². The minimum atomic E-state index is -0.200. The average Bonchev–Trinajstić information content (AvgIpc) is 3.08. The van der Waals surface area contributed by atoms with Crippen molar-refractivity contribution in [3.63, 3.8) is 0 Å². The van der Waals surface area contributed by atoms with Crippen LogP contribution < -0.4 is 9.47 Å². The fraction of sp³-hybridized carbons (Fsp3) is 0.400. The second kappa shape index (κ2) is 5.24. The van der Waals surface area contributed by atoms with Crippen molar-refractivity contribution >= 4 is 16.3 Å². The topological polar surface area (TPSA) is 61.5 Å². The van der Waals surface area contributed by atoms with Gasteiger partial charge in [0.25, 0.3) is 0 Å². The van der Waals surface area contributed by atoms with Crippen LogP contribution in [0.4, 0.5) is 0 Å². The lowest BCUT2D eigenvalue weighted by Gasteiger charge is -2.24. The summed E-state index contributed by atoms with van der Waals surface area (Å²) in [5, 5.41) is 13.9. The molecule has 3 aromatic rings. The third kappa shape index (κ3) is 2.31. The molecule has 0 spiro atoms. The zero-order chi connectivity index (χ0) is 15.1. The Labute approximate surface area is 131 Å². The Kier molecular flexibility index (Phi) is 3.22. The maximum absolute atomic E-state index is 6.00. The van der Waals surface area contributed by atoms with Crippen LogP contribution in [0, 0.1) is 5.92 Å². The SMILES string of the molecule is CC(C)Cc1nnc2sc([C@H]3COc4ccccc4O3)nn12. The van der Waals surface area contributed by atoms with Crippen LogP contribution in [-0.2, 0) is 6.42 Å². The molecule has 7 heteroatoms. The van der Waals surface area contributed by atoms with E-state index in [0.717, 1.165) is 33.7 Å². The first-order valence-corrected chi connectivity index (χ1v) is 8.12. The number of para-hydroxylation sites is 2. The number of aromatic nitrogens is 4. The van der Waals surface area contributed by atoms with Crippen molar-refractivity contribution in [2.75, 3.05) is 6.61 Å². The summed E-state index contributed by atoms with van der Waals surface area (Å²) >= 11 is 1.50. The smallest absolute Gasteiger partial charge is 0.234 e. The Morgan fingerprint density at radius 3 is 2.91 bits per heavy atom. The highest BCUT2D eigenvalue weighted by molar-refractivity contribution is 7.16. The van der Waals surface area contributed by atoms with Crippen LogP contribution in [0.25, 0.3) is 4.96 Å². The molecule has 1 aliphatic rings. The molecule has 0 radical (unpaired) electrons. The Bertz CT molecular complexity index is 811. The summed E-state index contributed by atoms with van der Waals surface area (Å²) in [7, 11) is 0. The average molecular weight is 316 g/mol. The van der Waals surface area contributed by atoms with Crippen molar-refractivity contribution in [1.82, 2.24) is 19.8 Å². The second-order valence-corrected chi connectivity index (χ2v) is 6.70.